The van der Waals surface area contributed by atoms with Crippen LogP contribution in [0.4, 0.5) is 0 Å². The molecule has 3 atom stereocenters. The number of aliphatic hydroxyl groups excluding tert-OH is 1. The average Bonchev–Trinajstić information content (AvgIpc) is 3.50. The number of quaternary nitrogens is 1. The zero-order chi connectivity index (χ0) is 60.5. The summed E-state index contributed by atoms with van der Waals surface area (Å²) in [5.74, 6) is -0.189. The Kier molecular flexibility index (Phi) is 64.2. The lowest BCUT2D eigenvalue weighted by molar-refractivity contribution is -0.870. The maximum Gasteiger partial charge on any atom is 0.268 e. The standard InChI is InChI=1S/C74H145N2O6P/c1-6-8-10-12-14-16-18-20-22-24-26-28-30-32-33-34-35-36-37-38-39-40-41-42-43-44-46-48-50-52-54-56-58-60-62-64-66-68-74(78)75-72(71-82-83(79,80)81-70-69-76(3,4)5)73(77)67-65-63-61-59-57-55-53-51-49-47-45-31-29-27-25-23-21-19-17-15-13-11-9-7-2/h18,20,24,26,65,67,72-73,77H,6-17,19,21-23,25,27-64,66,68-71H2,1-5H3,(H-,75,78,79,80)/b20-18-,26-24-,67-65+. The van der Waals surface area contributed by atoms with Crippen LogP contribution in [-0.2, 0) is 18.4 Å². The van der Waals surface area contributed by atoms with Gasteiger partial charge in [0.05, 0.1) is 39.9 Å². The number of nitrogens with one attached hydrogen (secondary N) is 1. The molecule has 3 unspecified atom stereocenters. The number of hydrogen-bond donors (Lipinski definition) is 2. The van der Waals surface area contributed by atoms with E-state index in [0.717, 1.165) is 44.9 Å². The van der Waals surface area contributed by atoms with Gasteiger partial charge in [0.15, 0.2) is 0 Å². The number of likely N-dealkylation sites (N-methyl/N-ethyl adjacent to an activating group) is 1. The Morgan fingerprint density at radius 2 is 0.699 bits per heavy atom. The summed E-state index contributed by atoms with van der Waals surface area (Å²) in [7, 11) is 1.28. The van der Waals surface area contributed by atoms with E-state index in [1.807, 2.05) is 27.2 Å². The molecular formula is C74H145N2O6P. The zero-order valence-corrected chi connectivity index (χ0v) is 57.3. The number of phosphoric ester groups is 1. The van der Waals surface area contributed by atoms with E-state index in [0.29, 0.717) is 17.4 Å². The predicted molar refractivity (Wildman–Crippen MR) is 362 cm³/mol. The normalized spacial score (nSPS) is 13.8. The van der Waals surface area contributed by atoms with E-state index in [-0.39, 0.29) is 19.1 Å². The van der Waals surface area contributed by atoms with Crippen molar-refractivity contribution in [2.75, 3.05) is 40.9 Å². The summed E-state index contributed by atoms with van der Waals surface area (Å²) in [5, 5.41) is 14.0. The van der Waals surface area contributed by atoms with Crippen molar-refractivity contribution in [2.45, 2.75) is 392 Å². The lowest BCUT2D eigenvalue weighted by atomic mass is 10.0. The summed E-state index contributed by atoms with van der Waals surface area (Å²) in [5.41, 5.74) is 0. The highest BCUT2D eigenvalue weighted by molar-refractivity contribution is 7.45. The zero-order valence-electron chi connectivity index (χ0n) is 56.4. The smallest absolute Gasteiger partial charge is 0.268 e. The fourth-order valence-corrected chi connectivity index (χ4v) is 12.1. The van der Waals surface area contributed by atoms with Crippen LogP contribution in [0.25, 0.3) is 0 Å². The molecule has 0 saturated heterocycles. The SMILES string of the molecule is CCCCCCC/C=C\C/C=C\CCCCCCCCCCCCCCCCCCCCCCCCCCCC(=O)NC(COP(=O)([O-])OCC[N+](C)(C)C)C(O)/C=C/CCCCCCCCCCCCCCCCCCCCCCCC. The van der Waals surface area contributed by atoms with Crippen molar-refractivity contribution in [1.82, 2.24) is 5.32 Å². The van der Waals surface area contributed by atoms with Gasteiger partial charge in [0.1, 0.15) is 13.2 Å². The maximum absolute atomic E-state index is 13.0. The summed E-state index contributed by atoms with van der Waals surface area (Å²) in [6, 6.07) is -0.886. The van der Waals surface area contributed by atoms with Crippen LogP contribution in [0.2, 0.25) is 0 Å². The van der Waals surface area contributed by atoms with Gasteiger partial charge < -0.3 is 28.8 Å². The van der Waals surface area contributed by atoms with Crippen molar-refractivity contribution in [2.24, 2.45) is 0 Å². The highest BCUT2D eigenvalue weighted by atomic mass is 31.2. The van der Waals surface area contributed by atoms with Gasteiger partial charge in [-0.3, -0.25) is 9.36 Å². The number of rotatable bonds is 69. The predicted octanol–water partition coefficient (Wildman–Crippen LogP) is 23.0. The third-order valence-corrected chi connectivity index (χ3v) is 18.1. The van der Waals surface area contributed by atoms with Gasteiger partial charge in [0.2, 0.25) is 5.91 Å². The van der Waals surface area contributed by atoms with Crippen LogP contribution in [0, 0.1) is 0 Å². The van der Waals surface area contributed by atoms with Crippen LogP contribution in [0.15, 0.2) is 36.5 Å². The fourth-order valence-electron chi connectivity index (χ4n) is 11.4. The van der Waals surface area contributed by atoms with Crippen molar-refractivity contribution in [3.05, 3.63) is 36.5 Å². The first-order chi connectivity index (χ1) is 40.5. The number of hydrogen-bond acceptors (Lipinski definition) is 6. The summed E-state index contributed by atoms with van der Waals surface area (Å²) in [4.78, 5) is 25.6. The minimum Gasteiger partial charge on any atom is -0.756 e. The van der Waals surface area contributed by atoms with Crippen LogP contribution >= 0.6 is 7.82 Å². The second-order valence-corrected chi connectivity index (χ2v) is 28.1. The van der Waals surface area contributed by atoms with Crippen molar-refractivity contribution >= 4 is 13.7 Å². The highest BCUT2D eigenvalue weighted by Crippen LogP contribution is 2.38. The Hall–Kier alpha value is -1.28. The molecular weight excluding hydrogens is 1040 g/mol. The highest BCUT2D eigenvalue weighted by Gasteiger charge is 2.23. The molecule has 8 nitrogen and oxygen atoms in total. The monoisotopic (exact) mass is 1190 g/mol. The van der Waals surface area contributed by atoms with Gasteiger partial charge in [0.25, 0.3) is 7.82 Å². The molecule has 0 aliphatic heterocycles. The molecule has 0 bridgehead atoms. The molecule has 83 heavy (non-hydrogen) atoms. The molecule has 0 heterocycles. The van der Waals surface area contributed by atoms with E-state index in [1.54, 1.807) is 6.08 Å². The summed E-state index contributed by atoms with van der Waals surface area (Å²) in [6.45, 7) is 4.70. The molecule has 0 radical (unpaired) electrons. The van der Waals surface area contributed by atoms with Gasteiger partial charge in [0, 0.05) is 6.42 Å². The third kappa shape index (κ3) is 68.1. The first kappa shape index (κ1) is 81.7. The van der Waals surface area contributed by atoms with Crippen LogP contribution in [0.5, 0.6) is 0 Å². The largest absolute Gasteiger partial charge is 0.756 e. The molecule has 0 aliphatic rings. The van der Waals surface area contributed by atoms with Crippen LogP contribution < -0.4 is 10.2 Å². The van der Waals surface area contributed by atoms with Crippen LogP contribution in [0.1, 0.15) is 380 Å². The lowest BCUT2D eigenvalue weighted by Gasteiger charge is -2.29. The Labute approximate surface area is 518 Å². The van der Waals surface area contributed by atoms with Gasteiger partial charge in [-0.05, 0) is 51.4 Å². The first-order valence-corrected chi connectivity index (χ1v) is 38.3. The molecule has 0 aromatic heterocycles. The number of nitrogens with zero attached hydrogens (tertiary/aromatic N) is 1. The molecule has 2 N–H and O–H groups in total. The fraction of sp³-hybridized carbons (Fsp3) is 0.905. The maximum atomic E-state index is 13.0. The van der Waals surface area contributed by atoms with Crippen LogP contribution in [0.3, 0.4) is 0 Å². The van der Waals surface area contributed by atoms with E-state index in [4.69, 9.17) is 9.05 Å². The number of phosphoric acid groups is 1. The average molecular weight is 1190 g/mol. The summed E-state index contributed by atoms with van der Waals surface area (Å²) >= 11 is 0. The molecule has 1 amide bonds. The van der Waals surface area contributed by atoms with Gasteiger partial charge in [-0.1, -0.05) is 359 Å². The van der Waals surface area contributed by atoms with E-state index in [1.165, 1.54) is 315 Å². The molecule has 0 aromatic rings. The number of unbranched alkanes of at least 4 members (excludes halogenated alkanes) is 52. The second kappa shape index (κ2) is 65.2. The van der Waals surface area contributed by atoms with Crippen molar-refractivity contribution in [3.63, 3.8) is 0 Å². The van der Waals surface area contributed by atoms with E-state index in [2.05, 4.69) is 43.5 Å². The second-order valence-electron chi connectivity index (χ2n) is 26.7. The Morgan fingerprint density at radius 3 is 1.00 bits per heavy atom. The molecule has 9 heteroatoms. The molecule has 492 valence electrons. The number of aliphatic hydroxyl groups is 1. The van der Waals surface area contributed by atoms with Gasteiger partial charge in [-0.25, -0.2) is 0 Å². The van der Waals surface area contributed by atoms with E-state index < -0.39 is 20.0 Å². The van der Waals surface area contributed by atoms with Gasteiger partial charge in [-0.15, -0.1) is 0 Å². The molecule has 0 aliphatic carbocycles. The minimum atomic E-state index is -4.60. The molecule has 0 rings (SSSR count). The Morgan fingerprint density at radius 1 is 0.422 bits per heavy atom. The third-order valence-electron chi connectivity index (χ3n) is 17.1. The molecule has 0 aromatic carbocycles. The van der Waals surface area contributed by atoms with E-state index in [9.17, 15) is 19.4 Å². The van der Waals surface area contributed by atoms with Crippen molar-refractivity contribution in [1.29, 1.82) is 0 Å². The van der Waals surface area contributed by atoms with Crippen LogP contribution in [-0.4, -0.2) is 68.5 Å². The van der Waals surface area contributed by atoms with Gasteiger partial charge >= 0.3 is 0 Å². The topological polar surface area (TPSA) is 108 Å². The lowest BCUT2D eigenvalue weighted by Crippen LogP contribution is -2.45. The number of carbonyl (C=O) groups is 1. The van der Waals surface area contributed by atoms with Crippen molar-refractivity contribution in [3.8, 4) is 0 Å². The van der Waals surface area contributed by atoms with E-state index >= 15 is 0 Å². The van der Waals surface area contributed by atoms with Gasteiger partial charge in [-0.2, -0.15) is 0 Å². The Balaban J connectivity index is 3.96. The minimum absolute atomic E-state index is 0.00165. The number of amides is 1. The Bertz CT molecular complexity index is 1450. The summed E-state index contributed by atoms with van der Waals surface area (Å²) in [6.07, 6.45) is 87.1. The molecule has 0 fully saturated rings. The number of carbonyl (C=O) groups excluding carboxylic acids is 1. The summed E-state index contributed by atoms with van der Waals surface area (Å²) < 4.78 is 23.5. The quantitative estimate of drug-likeness (QED) is 0.0272. The van der Waals surface area contributed by atoms with Crippen molar-refractivity contribution < 1.29 is 32.9 Å². The first-order valence-electron chi connectivity index (χ1n) is 36.9. The molecule has 0 saturated carbocycles. The number of allylic oxidation sites excluding steroid dienone is 5. The molecule has 0 spiro atoms.